The maximum atomic E-state index is 7.27. The lowest BCUT2D eigenvalue weighted by Crippen LogP contribution is -1.94. The van der Waals surface area contributed by atoms with Gasteiger partial charge in [0.25, 0.3) is 0 Å². The lowest BCUT2D eigenvalue weighted by atomic mass is 9.95. The van der Waals surface area contributed by atoms with Gasteiger partial charge in [0, 0.05) is 65.3 Å². The summed E-state index contributed by atoms with van der Waals surface area (Å²) in [6, 6.07) is 164. The van der Waals surface area contributed by atoms with Gasteiger partial charge < -0.3 is 4.57 Å². The average molecular weight is 1730 g/mol. The molecule has 29 rings (SSSR count). The molecule has 0 saturated carbocycles. The molecule has 0 unspecified atom stereocenters. The number of aromatic nitrogens is 9. The van der Waals surface area contributed by atoms with Crippen molar-refractivity contribution in [3.63, 3.8) is 0 Å². The van der Waals surface area contributed by atoms with Crippen molar-refractivity contribution in [3.8, 4) is 84.0 Å². The molecule has 0 aliphatic carbocycles. The van der Waals surface area contributed by atoms with Crippen molar-refractivity contribution in [1.29, 1.82) is 0 Å². The van der Waals surface area contributed by atoms with E-state index in [1.807, 2.05) is 48.5 Å². The Morgan fingerprint density at radius 3 is 0.919 bits per heavy atom. The molecule has 9 heterocycles. The Morgan fingerprint density at radius 2 is 0.478 bits per heavy atom. The van der Waals surface area contributed by atoms with Gasteiger partial charge in [0.1, 0.15) is 16.9 Å². The normalized spacial score (nSPS) is 11.8. The molecule has 0 aliphatic rings. The summed E-state index contributed by atoms with van der Waals surface area (Å²) in [5.41, 5.74) is 33.3. The zero-order valence-electron chi connectivity index (χ0n) is 73.4. The third kappa shape index (κ3) is 12.9. The maximum absolute atomic E-state index is 7.27. The lowest BCUT2D eigenvalue weighted by molar-refractivity contribution is 1.18. The average Bonchev–Trinajstić information content (AvgIpc) is 1.34. The summed E-state index contributed by atoms with van der Waals surface area (Å²) < 4.78 is 9.30. The number of pyridine rings is 5. The molecule has 136 heavy (non-hydrogen) atoms. The first-order valence-corrected chi connectivity index (χ1v) is 46.0. The zero-order chi connectivity index (χ0) is 89.6. The Labute approximate surface area is 779 Å². The number of hydrogen-bond acceptors (Lipinski definition) is 5. The summed E-state index contributed by atoms with van der Waals surface area (Å²) in [5, 5.41) is 21.7. The highest BCUT2D eigenvalue weighted by atomic mass is 15.0. The largest absolute Gasteiger partial charge is 0.309 e. The van der Waals surface area contributed by atoms with Gasteiger partial charge in [-0.25, -0.2) is 29.8 Å². The van der Waals surface area contributed by atoms with Crippen LogP contribution >= 0.6 is 0 Å². The monoisotopic (exact) mass is 1730 g/mol. The topological polar surface area (TPSA) is 87.0 Å². The number of benzene rings is 20. The molecule has 9 aromatic heterocycles. The minimum absolute atomic E-state index is 0.623. The second-order valence-corrected chi connectivity index (χ2v) is 35.3. The Morgan fingerprint density at radius 1 is 0.169 bits per heavy atom. The first-order valence-electron chi connectivity index (χ1n) is 46.0. The highest BCUT2D eigenvalue weighted by Gasteiger charge is 2.23. The molecule has 0 aliphatic heterocycles. The molecule has 0 saturated heterocycles. The van der Waals surface area contributed by atoms with Crippen LogP contribution in [0.3, 0.4) is 0 Å². The van der Waals surface area contributed by atoms with E-state index in [1.165, 1.54) is 120 Å². The van der Waals surface area contributed by atoms with Crippen molar-refractivity contribution in [1.82, 2.24) is 42.7 Å². The van der Waals surface area contributed by atoms with E-state index in [4.69, 9.17) is 31.5 Å². The van der Waals surface area contributed by atoms with Gasteiger partial charge in [-0.2, -0.15) is 0 Å². The Bertz CT molecular complexity index is 10100. The molecule has 0 atom stereocenters. The van der Waals surface area contributed by atoms with Crippen molar-refractivity contribution >= 4 is 186 Å². The number of imidazole rings is 3. The Balaban J connectivity index is 0.000000104. The van der Waals surface area contributed by atoms with Gasteiger partial charge in [-0.3, -0.25) is 13.2 Å². The summed E-state index contributed by atoms with van der Waals surface area (Å²) in [4.78, 5) is 29.0. The first-order chi connectivity index (χ1) is 67.3. The molecule has 10 heteroatoms. The molecule has 0 bridgehead atoms. The van der Waals surface area contributed by atoms with Crippen LogP contribution < -0.4 is 0 Å². The molecule has 0 fully saturated rings. The van der Waals surface area contributed by atoms with Gasteiger partial charge in [-0.1, -0.05) is 285 Å². The third-order valence-electron chi connectivity index (χ3n) is 27.6. The van der Waals surface area contributed by atoms with Crippen LogP contribution in [0.2, 0.25) is 0 Å². The summed E-state index contributed by atoms with van der Waals surface area (Å²) in [6.45, 7) is 7.27. The van der Waals surface area contributed by atoms with E-state index in [9.17, 15) is 0 Å². The smallest absolute Gasteiger partial charge is 0.187 e. The molecule has 10 nitrogen and oxygen atoms in total. The first kappa shape index (κ1) is 77.4. The summed E-state index contributed by atoms with van der Waals surface area (Å²) in [5.74, 6) is 0. The molecule has 29 aromatic rings. The fraction of sp³-hybridized carbons (Fsp3) is 0. The molecule has 630 valence electrons. The molecular formula is C126H76N10. The summed E-state index contributed by atoms with van der Waals surface area (Å²) in [7, 11) is 0. The van der Waals surface area contributed by atoms with Crippen LogP contribution in [0, 0.1) is 6.57 Å². The van der Waals surface area contributed by atoms with Gasteiger partial charge in [-0.15, -0.1) is 0 Å². The van der Waals surface area contributed by atoms with Crippen molar-refractivity contribution in [2.24, 2.45) is 0 Å². The second-order valence-electron chi connectivity index (χ2n) is 35.3. The van der Waals surface area contributed by atoms with Crippen LogP contribution in [0.1, 0.15) is 0 Å². The quantitative estimate of drug-likeness (QED) is 0.112. The van der Waals surface area contributed by atoms with Crippen LogP contribution in [0.5, 0.6) is 0 Å². The van der Waals surface area contributed by atoms with Gasteiger partial charge >= 0.3 is 0 Å². The van der Waals surface area contributed by atoms with Crippen LogP contribution in [0.4, 0.5) is 5.69 Å². The molecule has 0 N–H and O–H groups in total. The minimum Gasteiger partial charge on any atom is -0.309 e. The van der Waals surface area contributed by atoms with E-state index in [2.05, 4.69) is 435 Å². The highest BCUT2D eigenvalue weighted by molar-refractivity contribution is 6.20. The summed E-state index contributed by atoms with van der Waals surface area (Å²) >= 11 is 0. The van der Waals surface area contributed by atoms with Gasteiger partial charge in [0.2, 0.25) is 0 Å². The standard InChI is InChI=1S/C47H29N3.C41H24N4.C38H23N3/c1-2-10-32-27-33(18-17-30(32)9-1)35-21-25-39-40(28-35)41-29-34(22-26-45(41)50-46-16-8-5-13-42(46)48-47(39)50)31-19-23-36(24-20-31)49-43-14-6-3-11-37(43)38-12-4-7-15-44(38)49;1-42-32-19-15-27(16-20-32)36-10-6-11-37(43-36)31-18-22-39-35(25-31)34-24-30(29-14-13-26-7-2-3-8-28(26)23-29)17-21-33(34)41-44-38-9-4-5-12-40(38)45(39)41;1-2-9-26-21-27(14-13-24(26)7-1)28-15-18-30-31(22-28)32-23-29(34-19-16-25-8-3-4-10-33(25)39-34)17-20-36(32)41-37-12-6-5-11-35(37)40-38(30)41/h1-29H;2-25H;1-23H. The molecule has 0 spiro atoms. The van der Waals surface area contributed by atoms with Crippen LogP contribution in [0.15, 0.2) is 461 Å². The zero-order valence-corrected chi connectivity index (χ0v) is 73.4. The Kier molecular flexibility index (Phi) is 17.8. The summed E-state index contributed by atoms with van der Waals surface area (Å²) in [6.07, 6.45) is 0. The van der Waals surface area contributed by atoms with Crippen molar-refractivity contribution in [3.05, 3.63) is 472 Å². The van der Waals surface area contributed by atoms with Crippen molar-refractivity contribution in [2.45, 2.75) is 0 Å². The van der Waals surface area contributed by atoms with E-state index >= 15 is 0 Å². The SMILES string of the molecule is [C-]#[N+]c1ccc(-c2cccc(-c3ccc4c(c3)c3cc(-c5ccc6ccccc6c5)ccc3c3nc5ccccc5n43)n2)cc1.c1ccc2cc(-c3ccc4c(c3)c3cc(-c5ccc(-n6c7ccccc7c7ccccc76)cc5)ccc3n3c5ccccc5nc43)ccc2c1.c1ccc2cc(-c3ccc4c(c3)c3cc(-c5ccc6ccccc6n5)ccc3n3c5ccccc5nc43)ccc2c1. The van der Waals surface area contributed by atoms with Crippen LogP contribution in [-0.2, 0) is 0 Å². The van der Waals surface area contributed by atoms with Gasteiger partial charge in [-0.05, 0) is 274 Å². The minimum atomic E-state index is 0.623. The number of nitrogens with zero attached hydrogens (tertiary/aromatic N) is 10. The molecule has 20 aromatic carbocycles. The van der Waals surface area contributed by atoms with Gasteiger partial charge in [0.05, 0.1) is 89.9 Å². The highest BCUT2D eigenvalue weighted by Crippen LogP contribution is 2.44. The van der Waals surface area contributed by atoms with Crippen molar-refractivity contribution < 1.29 is 0 Å². The van der Waals surface area contributed by atoms with E-state index in [1.54, 1.807) is 0 Å². The number of hydrogen-bond donors (Lipinski definition) is 0. The van der Waals surface area contributed by atoms with E-state index < -0.39 is 0 Å². The fourth-order valence-electron chi connectivity index (χ4n) is 20.9. The van der Waals surface area contributed by atoms with E-state index in [-0.39, 0.29) is 0 Å². The van der Waals surface area contributed by atoms with Crippen molar-refractivity contribution in [2.75, 3.05) is 0 Å². The Hall–Kier alpha value is -18.6. The molecular weight excluding hydrogens is 1650 g/mol. The molecule has 0 amide bonds. The maximum Gasteiger partial charge on any atom is 0.187 e. The molecule has 0 radical (unpaired) electrons. The number of para-hydroxylation sites is 9. The number of rotatable bonds is 8. The number of fused-ring (bicyclic) bond motifs is 31. The van der Waals surface area contributed by atoms with E-state index in [0.29, 0.717) is 5.69 Å². The second kappa shape index (κ2) is 31.4. The fourth-order valence-corrected chi connectivity index (χ4v) is 20.9. The van der Waals surface area contributed by atoms with Gasteiger partial charge in [0.15, 0.2) is 5.69 Å². The predicted octanol–water partition coefficient (Wildman–Crippen LogP) is 33.1. The van der Waals surface area contributed by atoms with Crippen LogP contribution in [0.25, 0.3) is 269 Å². The van der Waals surface area contributed by atoms with E-state index in [0.717, 1.165) is 144 Å². The lowest BCUT2D eigenvalue weighted by Gasteiger charge is -2.13. The van der Waals surface area contributed by atoms with Crippen LogP contribution in [-0.4, -0.2) is 42.7 Å². The predicted molar refractivity (Wildman–Crippen MR) is 567 cm³/mol. The third-order valence-corrected chi connectivity index (χ3v) is 27.6.